The number of Topliss-reactive ketones (excluding diaryl/α,β-unsaturated/α-hetero) is 1. The van der Waals surface area contributed by atoms with E-state index in [1.807, 2.05) is 0 Å². The average molecular weight is 255 g/mol. The summed E-state index contributed by atoms with van der Waals surface area (Å²) in [5.74, 6) is -0.273. The van der Waals surface area contributed by atoms with E-state index in [1.165, 1.54) is 18.2 Å². The Bertz CT molecular complexity index is 498. The first-order chi connectivity index (χ1) is 8.55. The Labute approximate surface area is 102 Å². The topological polar surface area (TPSA) is 47.6 Å². The smallest absolute Gasteiger partial charge is 0.395 e. The van der Waals surface area contributed by atoms with Gasteiger partial charge in [-0.2, -0.15) is 0 Å². The number of carbonyl (C=O) groups excluding carboxylic acids is 1. The van der Waals surface area contributed by atoms with Crippen molar-refractivity contribution in [3.8, 4) is 11.5 Å². The van der Waals surface area contributed by atoms with Gasteiger partial charge in [0, 0.05) is 18.0 Å². The molecule has 2 aliphatic heterocycles. The van der Waals surface area contributed by atoms with Crippen LogP contribution in [-0.4, -0.2) is 25.2 Å². The van der Waals surface area contributed by atoms with Crippen LogP contribution in [0.3, 0.4) is 0 Å². The van der Waals surface area contributed by atoms with Crippen LogP contribution in [0.15, 0.2) is 18.2 Å². The van der Waals surface area contributed by atoms with E-state index >= 15 is 0 Å². The maximum atomic E-state index is 12.8. The fourth-order valence-electron chi connectivity index (χ4n) is 2.22. The van der Waals surface area contributed by atoms with E-state index in [2.05, 4.69) is 14.8 Å². The van der Waals surface area contributed by atoms with E-state index in [0.29, 0.717) is 12.1 Å². The first kappa shape index (κ1) is 11.4. The number of nitrogens with one attached hydrogen (secondary N) is 1. The summed E-state index contributed by atoms with van der Waals surface area (Å²) >= 11 is 0. The molecule has 1 aromatic carbocycles. The largest absolute Gasteiger partial charge is 0.586 e. The third kappa shape index (κ3) is 1.92. The molecule has 2 aliphatic rings. The van der Waals surface area contributed by atoms with Gasteiger partial charge in [0.15, 0.2) is 17.3 Å². The molecule has 0 radical (unpaired) electrons. The molecule has 0 saturated carbocycles. The molecule has 0 bridgehead atoms. The zero-order valence-corrected chi connectivity index (χ0v) is 9.41. The molecule has 1 N–H and O–H groups in total. The van der Waals surface area contributed by atoms with Crippen molar-refractivity contribution in [3.05, 3.63) is 23.8 Å². The summed E-state index contributed by atoms with van der Waals surface area (Å²) in [5.41, 5.74) is 0.378. The van der Waals surface area contributed by atoms with E-state index < -0.39 is 6.29 Å². The van der Waals surface area contributed by atoms with Crippen molar-refractivity contribution in [1.82, 2.24) is 5.32 Å². The van der Waals surface area contributed by atoms with Crippen LogP contribution >= 0.6 is 0 Å². The molecule has 0 aliphatic carbocycles. The Kier molecular flexibility index (Phi) is 2.48. The summed E-state index contributed by atoms with van der Waals surface area (Å²) in [7, 11) is 0. The molecule has 1 saturated heterocycles. The third-order valence-corrected chi connectivity index (χ3v) is 3.12. The van der Waals surface area contributed by atoms with E-state index in [1.54, 1.807) is 0 Å². The highest BCUT2D eigenvalue weighted by Crippen LogP contribution is 2.41. The van der Waals surface area contributed by atoms with Gasteiger partial charge in [0.1, 0.15) is 0 Å². The zero-order valence-electron chi connectivity index (χ0n) is 9.41. The van der Waals surface area contributed by atoms with Crippen LogP contribution < -0.4 is 14.8 Å². The summed E-state index contributed by atoms with van der Waals surface area (Å²) < 4.78 is 34.3. The SMILES string of the molecule is O=C(c1ccc2c(c1)OC(F)(F)O2)C1CCNC1. The number of rotatable bonds is 2. The Balaban J connectivity index is 1.85. The molecule has 0 spiro atoms. The highest BCUT2D eigenvalue weighted by atomic mass is 19.3. The number of carbonyl (C=O) groups is 1. The monoisotopic (exact) mass is 255 g/mol. The fourth-order valence-corrected chi connectivity index (χ4v) is 2.22. The van der Waals surface area contributed by atoms with Crippen LogP contribution in [0.2, 0.25) is 0 Å². The molecule has 1 atom stereocenters. The van der Waals surface area contributed by atoms with Crippen LogP contribution in [0, 0.1) is 5.92 Å². The van der Waals surface area contributed by atoms with Crippen molar-refractivity contribution in [2.45, 2.75) is 12.7 Å². The van der Waals surface area contributed by atoms with Gasteiger partial charge >= 0.3 is 6.29 Å². The number of ketones is 1. The molecule has 6 heteroatoms. The van der Waals surface area contributed by atoms with Crippen molar-refractivity contribution in [1.29, 1.82) is 0 Å². The van der Waals surface area contributed by atoms with E-state index in [9.17, 15) is 13.6 Å². The summed E-state index contributed by atoms with van der Waals surface area (Å²) in [6.45, 7) is 1.43. The second kappa shape index (κ2) is 3.91. The van der Waals surface area contributed by atoms with Crippen molar-refractivity contribution >= 4 is 5.78 Å². The van der Waals surface area contributed by atoms with Crippen LogP contribution in [0.5, 0.6) is 11.5 Å². The number of halogens is 2. The van der Waals surface area contributed by atoms with Crippen molar-refractivity contribution in [2.24, 2.45) is 5.92 Å². The van der Waals surface area contributed by atoms with Gasteiger partial charge in [0.05, 0.1) is 0 Å². The van der Waals surface area contributed by atoms with Crippen LogP contribution in [-0.2, 0) is 0 Å². The van der Waals surface area contributed by atoms with Crippen LogP contribution in [0.4, 0.5) is 8.78 Å². The lowest BCUT2D eigenvalue weighted by molar-refractivity contribution is -0.286. The molecule has 2 heterocycles. The predicted molar refractivity (Wildman–Crippen MR) is 58.0 cm³/mol. The molecule has 1 aromatic rings. The quantitative estimate of drug-likeness (QED) is 0.819. The lowest BCUT2D eigenvalue weighted by Crippen LogP contribution is -2.25. The number of fused-ring (bicyclic) bond motifs is 1. The van der Waals surface area contributed by atoms with Crippen molar-refractivity contribution in [2.75, 3.05) is 13.1 Å². The number of alkyl halides is 2. The van der Waals surface area contributed by atoms with E-state index in [4.69, 9.17) is 0 Å². The van der Waals surface area contributed by atoms with E-state index in [0.717, 1.165) is 13.0 Å². The Morgan fingerprint density at radius 2 is 2.11 bits per heavy atom. The molecule has 4 nitrogen and oxygen atoms in total. The Morgan fingerprint density at radius 3 is 2.83 bits per heavy atom. The number of benzene rings is 1. The van der Waals surface area contributed by atoms with Gasteiger partial charge in [0.2, 0.25) is 0 Å². The summed E-state index contributed by atoms with van der Waals surface area (Å²) in [5, 5.41) is 3.09. The standard InChI is InChI=1S/C12H11F2NO3/c13-12(14)17-9-2-1-7(5-10(9)18-12)11(16)8-3-4-15-6-8/h1-2,5,8,15H,3-4,6H2. The maximum absolute atomic E-state index is 12.8. The van der Waals surface area contributed by atoms with Crippen LogP contribution in [0.1, 0.15) is 16.8 Å². The zero-order chi connectivity index (χ0) is 12.8. The molecule has 1 fully saturated rings. The summed E-state index contributed by atoms with van der Waals surface area (Å²) in [6.07, 6.45) is -2.87. The number of hydrogen-bond acceptors (Lipinski definition) is 4. The molecule has 0 aromatic heterocycles. The van der Waals surface area contributed by atoms with Gasteiger partial charge < -0.3 is 14.8 Å². The first-order valence-corrected chi connectivity index (χ1v) is 5.70. The molecule has 1 unspecified atom stereocenters. The second-order valence-corrected chi connectivity index (χ2v) is 4.38. The van der Waals surface area contributed by atoms with Gasteiger partial charge in [-0.05, 0) is 31.2 Å². The molecular formula is C12H11F2NO3. The van der Waals surface area contributed by atoms with Gasteiger partial charge in [0.25, 0.3) is 0 Å². The minimum Gasteiger partial charge on any atom is -0.395 e. The predicted octanol–water partition coefficient (Wildman–Crippen LogP) is 1.80. The lowest BCUT2D eigenvalue weighted by atomic mass is 9.97. The van der Waals surface area contributed by atoms with Gasteiger partial charge in [-0.15, -0.1) is 8.78 Å². The fraction of sp³-hybridized carbons (Fsp3) is 0.417. The molecule has 0 amide bonds. The number of ether oxygens (including phenoxy) is 2. The minimum absolute atomic E-state index is 0.0407. The minimum atomic E-state index is -3.64. The molecule has 3 rings (SSSR count). The maximum Gasteiger partial charge on any atom is 0.586 e. The van der Waals surface area contributed by atoms with Gasteiger partial charge in [-0.3, -0.25) is 4.79 Å². The molecule has 18 heavy (non-hydrogen) atoms. The van der Waals surface area contributed by atoms with Crippen molar-refractivity contribution in [3.63, 3.8) is 0 Å². The lowest BCUT2D eigenvalue weighted by Gasteiger charge is -2.07. The normalized spacial score (nSPS) is 24.2. The van der Waals surface area contributed by atoms with Gasteiger partial charge in [-0.1, -0.05) is 0 Å². The van der Waals surface area contributed by atoms with Crippen molar-refractivity contribution < 1.29 is 23.0 Å². The highest BCUT2D eigenvalue weighted by Gasteiger charge is 2.43. The average Bonchev–Trinajstić information content (AvgIpc) is 2.91. The highest BCUT2D eigenvalue weighted by molar-refractivity contribution is 5.98. The van der Waals surface area contributed by atoms with E-state index in [-0.39, 0.29) is 23.2 Å². The Hall–Kier alpha value is -1.69. The third-order valence-electron chi connectivity index (χ3n) is 3.12. The van der Waals surface area contributed by atoms with Gasteiger partial charge in [-0.25, -0.2) is 0 Å². The molecule has 96 valence electrons. The summed E-state index contributed by atoms with van der Waals surface area (Å²) in [6, 6.07) is 4.15. The molecular weight excluding hydrogens is 244 g/mol. The first-order valence-electron chi connectivity index (χ1n) is 5.70. The Morgan fingerprint density at radius 1 is 1.33 bits per heavy atom. The number of hydrogen-bond donors (Lipinski definition) is 1. The summed E-state index contributed by atoms with van der Waals surface area (Å²) in [4.78, 5) is 12.1. The van der Waals surface area contributed by atoms with Crippen LogP contribution in [0.25, 0.3) is 0 Å². The second-order valence-electron chi connectivity index (χ2n) is 4.38.